The maximum Gasteiger partial charge on any atom is 0.264 e. The van der Waals surface area contributed by atoms with E-state index >= 15 is 4.39 Å². The van der Waals surface area contributed by atoms with Crippen LogP contribution in [0.25, 0.3) is 11.1 Å². The second kappa shape index (κ2) is 11.8. The van der Waals surface area contributed by atoms with Gasteiger partial charge in [-0.3, -0.25) is 9.69 Å². The lowest BCUT2D eigenvalue weighted by Crippen LogP contribution is -2.46. The second-order valence-corrected chi connectivity index (χ2v) is 13.1. The van der Waals surface area contributed by atoms with E-state index in [0.29, 0.717) is 24.3 Å². The van der Waals surface area contributed by atoms with E-state index in [1.165, 1.54) is 0 Å². The first-order valence-electron chi connectivity index (χ1n) is 13.1. The molecule has 1 N–H and O–H groups in total. The van der Waals surface area contributed by atoms with E-state index in [0.717, 1.165) is 48.7 Å². The second-order valence-electron chi connectivity index (χ2n) is 10.6. The van der Waals surface area contributed by atoms with Crippen LogP contribution in [-0.4, -0.2) is 56.8 Å². The van der Waals surface area contributed by atoms with Gasteiger partial charge in [0.2, 0.25) is 10.0 Å². The molecular weight excluding hydrogens is 517 g/mol. The third kappa shape index (κ3) is 6.96. The van der Waals surface area contributed by atoms with Gasteiger partial charge in [-0.2, -0.15) is 0 Å². The van der Waals surface area contributed by atoms with Gasteiger partial charge in [0, 0.05) is 49.5 Å². The summed E-state index contributed by atoms with van der Waals surface area (Å²) in [5.41, 5.74) is 3.53. The fourth-order valence-corrected chi connectivity index (χ4v) is 5.06. The standard InChI is InChI=1S/C30H36FN3O4S/c1-5-38-26-8-6-7-24(20-26)27-14-9-22(19-28(27)31)21-33-15-17-34(18-16-33)25-12-10-23(11-13-25)29(35)32-39(36,37)30(2,3)4/h6-14,19-20H,5,15-18,21H2,1-4H3,(H,32,35). The minimum atomic E-state index is -3.78. The average molecular weight is 554 g/mol. The molecule has 0 saturated carbocycles. The molecule has 1 aliphatic rings. The number of benzene rings is 3. The van der Waals surface area contributed by atoms with Crippen LogP contribution in [0.4, 0.5) is 10.1 Å². The highest BCUT2D eigenvalue weighted by atomic mass is 32.2. The molecule has 3 aromatic carbocycles. The van der Waals surface area contributed by atoms with Gasteiger partial charge >= 0.3 is 0 Å². The summed E-state index contributed by atoms with van der Waals surface area (Å²) in [7, 11) is -3.78. The molecule has 1 heterocycles. The maximum atomic E-state index is 15.0. The van der Waals surface area contributed by atoms with Crippen molar-refractivity contribution in [2.24, 2.45) is 0 Å². The van der Waals surface area contributed by atoms with E-state index in [4.69, 9.17) is 4.74 Å². The molecular formula is C30H36FN3O4S. The van der Waals surface area contributed by atoms with Crippen LogP contribution < -0.4 is 14.4 Å². The molecule has 0 bridgehead atoms. The molecule has 4 rings (SSSR count). The number of piperazine rings is 1. The highest BCUT2D eigenvalue weighted by molar-refractivity contribution is 7.91. The van der Waals surface area contributed by atoms with Crippen molar-refractivity contribution < 1.29 is 22.3 Å². The summed E-state index contributed by atoms with van der Waals surface area (Å²) >= 11 is 0. The number of hydrogen-bond donors (Lipinski definition) is 1. The van der Waals surface area contributed by atoms with Gasteiger partial charge in [-0.15, -0.1) is 0 Å². The zero-order valence-corrected chi connectivity index (χ0v) is 23.7. The van der Waals surface area contributed by atoms with E-state index in [1.54, 1.807) is 39.0 Å². The number of nitrogens with one attached hydrogen (secondary N) is 1. The molecule has 0 radical (unpaired) electrons. The summed E-state index contributed by atoms with van der Waals surface area (Å²) in [5, 5.41) is 0. The number of carbonyl (C=O) groups excluding carboxylic acids is 1. The smallest absolute Gasteiger partial charge is 0.264 e. The Morgan fingerprint density at radius 1 is 0.974 bits per heavy atom. The topological polar surface area (TPSA) is 79.0 Å². The lowest BCUT2D eigenvalue weighted by atomic mass is 10.0. The molecule has 0 aliphatic carbocycles. The zero-order chi connectivity index (χ0) is 28.2. The number of ether oxygens (including phenoxy) is 1. The molecule has 0 spiro atoms. The average Bonchev–Trinajstić information content (AvgIpc) is 2.89. The fraction of sp³-hybridized carbons (Fsp3) is 0.367. The third-order valence-electron chi connectivity index (χ3n) is 6.80. The number of nitrogens with zero attached hydrogens (tertiary/aromatic N) is 2. The Kier molecular flexibility index (Phi) is 8.61. The number of hydrogen-bond acceptors (Lipinski definition) is 6. The summed E-state index contributed by atoms with van der Waals surface area (Å²) in [6, 6.07) is 19.8. The van der Waals surface area contributed by atoms with E-state index in [1.807, 2.05) is 55.5 Å². The molecule has 1 fully saturated rings. The first-order valence-corrected chi connectivity index (χ1v) is 14.6. The van der Waals surface area contributed by atoms with Gasteiger partial charge < -0.3 is 9.64 Å². The Bertz CT molecular complexity index is 1410. The Morgan fingerprint density at radius 2 is 1.67 bits per heavy atom. The van der Waals surface area contributed by atoms with Gasteiger partial charge in [0.05, 0.1) is 11.4 Å². The van der Waals surface area contributed by atoms with Crippen LogP contribution in [-0.2, 0) is 16.6 Å². The number of rotatable bonds is 8. The summed E-state index contributed by atoms with van der Waals surface area (Å²) < 4.78 is 46.2. The summed E-state index contributed by atoms with van der Waals surface area (Å²) in [6.07, 6.45) is 0. The van der Waals surface area contributed by atoms with Gasteiger partial charge in [0.1, 0.15) is 11.6 Å². The Morgan fingerprint density at radius 3 is 2.28 bits per heavy atom. The van der Waals surface area contributed by atoms with Crippen molar-refractivity contribution in [3.63, 3.8) is 0 Å². The first-order chi connectivity index (χ1) is 18.5. The summed E-state index contributed by atoms with van der Waals surface area (Å²) in [6.45, 7) is 11.0. The van der Waals surface area contributed by atoms with Crippen molar-refractivity contribution in [1.82, 2.24) is 9.62 Å². The van der Waals surface area contributed by atoms with Crippen molar-refractivity contribution in [3.05, 3.63) is 83.7 Å². The summed E-state index contributed by atoms with van der Waals surface area (Å²) in [4.78, 5) is 16.9. The molecule has 1 amide bonds. The van der Waals surface area contributed by atoms with Crippen molar-refractivity contribution in [2.45, 2.75) is 39.0 Å². The third-order valence-corrected chi connectivity index (χ3v) is 8.86. The van der Waals surface area contributed by atoms with Crippen LogP contribution in [0.3, 0.4) is 0 Å². The summed E-state index contributed by atoms with van der Waals surface area (Å²) in [5.74, 6) is -0.163. The molecule has 39 heavy (non-hydrogen) atoms. The van der Waals surface area contributed by atoms with Crippen LogP contribution in [0.5, 0.6) is 5.75 Å². The van der Waals surface area contributed by atoms with E-state index < -0.39 is 20.7 Å². The van der Waals surface area contributed by atoms with Crippen molar-refractivity contribution in [1.29, 1.82) is 0 Å². The van der Waals surface area contributed by atoms with Gasteiger partial charge in [-0.1, -0.05) is 24.3 Å². The molecule has 7 nitrogen and oxygen atoms in total. The zero-order valence-electron chi connectivity index (χ0n) is 22.9. The van der Waals surface area contributed by atoms with E-state index in [2.05, 4.69) is 14.5 Å². The number of sulfonamides is 1. The molecule has 208 valence electrons. The van der Waals surface area contributed by atoms with Crippen LogP contribution in [0.1, 0.15) is 43.6 Å². The van der Waals surface area contributed by atoms with Crippen LogP contribution in [0.2, 0.25) is 0 Å². The van der Waals surface area contributed by atoms with E-state index in [9.17, 15) is 13.2 Å². The van der Waals surface area contributed by atoms with Gasteiger partial charge in [-0.05, 0) is 81.3 Å². The predicted octanol–water partition coefficient (Wildman–Crippen LogP) is 5.07. The highest BCUT2D eigenvalue weighted by Gasteiger charge is 2.31. The maximum absolute atomic E-state index is 15.0. The van der Waals surface area contributed by atoms with E-state index in [-0.39, 0.29) is 5.82 Å². The van der Waals surface area contributed by atoms with Crippen LogP contribution in [0.15, 0.2) is 66.7 Å². The molecule has 0 atom stereocenters. The molecule has 1 saturated heterocycles. The Labute approximate surface area is 230 Å². The van der Waals surface area contributed by atoms with Crippen molar-refractivity contribution >= 4 is 21.6 Å². The number of halogens is 1. The molecule has 9 heteroatoms. The van der Waals surface area contributed by atoms with Crippen molar-refractivity contribution in [3.8, 4) is 16.9 Å². The minimum absolute atomic E-state index is 0.251. The van der Waals surface area contributed by atoms with Crippen LogP contribution >= 0.6 is 0 Å². The Hall–Kier alpha value is -3.43. The number of carbonyl (C=O) groups is 1. The van der Waals surface area contributed by atoms with Gasteiger partial charge in [-0.25, -0.2) is 17.5 Å². The lowest BCUT2D eigenvalue weighted by molar-refractivity contribution is 0.0980. The number of anilines is 1. The first kappa shape index (κ1) is 28.6. The Balaban J connectivity index is 1.32. The van der Waals surface area contributed by atoms with Crippen molar-refractivity contribution in [2.75, 3.05) is 37.7 Å². The monoisotopic (exact) mass is 553 g/mol. The largest absolute Gasteiger partial charge is 0.494 e. The van der Waals surface area contributed by atoms with Gasteiger partial charge in [0.15, 0.2) is 0 Å². The lowest BCUT2D eigenvalue weighted by Gasteiger charge is -2.36. The molecule has 3 aromatic rings. The predicted molar refractivity (Wildman–Crippen MR) is 153 cm³/mol. The van der Waals surface area contributed by atoms with Gasteiger partial charge in [0.25, 0.3) is 5.91 Å². The molecule has 0 unspecified atom stereocenters. The highest BCUT2D eigenvalue weighted by Crippen LogP contribution is 2.28. The minimum Gasteiger partial charge on any atom is -0.494 e. The fourth-order valence-electron chi connectivity index (χ4n) is 4.39. The quantitative estimate of drug-likeness (QED) is 0.420. The number of amides is 1. The van der Waals surface area contributed by atoms with Crippen LogP contribution in [0, 0.1) is 5.82 Å². The SMILES string of the molecule is CCOc1cccc(-c2ccc(CN3CCN(c4ccc(C(=O)NS(=O)(=O)C(C)(C)C)cc4)CC3)cc2F)c1. The molecule has 1 aliphatic heterocycles. The molecule has 0 aromatic heterocycles. The normalized spacial score (nSPS) is 14.7.